The predicted octanol–water partition coefficient (Wildman–Crippen LogP) is 3.57. The van der Waals surface area contributed by atoms with Crippen LogP contribution in [0.4, 0.5) is 4.79 Å². The zero-order chi connectivity index (χ0) is 15.8. The van der Waals surface area contributed by atoms with Gasteiger partial charge in [-0.05, 0) is 41.5 Å². The van der Waals surface area contributed by atoms with E-state index in [4.69, 9.17) is 9.47 Å². The summed E-state index contributed by atoms with van der Waals surface area (Å²) in [5, 5.41) is 5.75. The molecule has 4 rings (SSSR count). The van der Waals surface area contributed by atoms with Crippen molar-refractivity contribution in [3.05, 3.63) is 64.1 Å². The molecule has 2 aliphatic heterocycles. The third-order valence-electron chi connectivity index (χ3n) is 3.78. The number of benzene rings is 2. The molecule has 0 saturated carbocycles. The van der Waals surface area contributed by atoms with Gasteiger partial charge in [-0.1, -0.05) is 34.1 Å². The lowest BCUT2D eigenvalue weighted by Gasteiger charge is -2.24. The van der Waals surface area contributed by atoms with Crippen LogP contribution in [0.1, 0.15) is 17.2 Å². The van der Waals surface area contributed by atoms with Crippen molar-refractivity contribution >= 4 is 27.7 Å². The molecule has 0 saturated heterocycles. The highest BCUT2D eigenvalue weighted by Gasteiger charge is 2.23. The largest absolute Gasteiger partial charge is 0.454 e. The lowest BCUT2D eigenvalue weighted by Crippen LogP contribution is -2.40. The van der Waals surface area contributed by atoms with Gasteiger partial charge in [-0.2, -0.15) is 0 Å². The molecule has 0 fully saturated rings. The van der Waals surface area contributed by atoms with Crippen molar-refractivity contribution in [2.75, 3.05) is 6.79 Å². The number of amides is 2. The minimum absolute atomic E-state index is 0.225. The minimum atomic E-state index is -0.229. The second kappa shape index (κ2) is 5.62. The molecule has 0 radical (unpaired) electrons. The first-order chi connectivity index (χ1) is 11.2. The minimum Gasteiger partial charge on any atom is -0.454 e. The molecule has 23 heavy (non-hydrogen) atoms. The molecule has 5 nitrogen and oxygen atoms in total. The van der Waals surface area contributed by atoms with Gasteiger partial charge in [-0.15, -0.1) is 0 Å². The van der Waals surface area contributed by atoms with Gasteiger partial charge in [0, 0.05) is 10.2 Å². The topological polar surface area (TPSA) is 59.6 Å². The van der Waals surface area contributed by atoms with Crippen molar-refractivity contribution in [1.29, 1.82) is 0 Å². The van der Waals surface area contributed by atoms with Gasteiger partial charge in [0.25, 0.3) is 0 Å². The Morgan fingerprint density at radius 3 is 2.65 bits per heavy atom. The Hall–Kier alpha value is -2.47. The second-order valence-corrected chi connectivity index (χ2v) is 6.19. The van der Waals surface area contributed by atoms with Crippen LogP contribution in [-0.2, 0) is 0 Å². The van der Waals surface area contributed by atoms with E-state index in [9.17, 15) is 4.79 Å². The first kappa shape index (κ1) is 14.1. The van der Waals surface area contributed by atoms with E-state index in [1.165, 1.54) is 0 Å². The Labute approximate surface area is 141 Å². The van der Waals surface area contributed by atoms with E-state index in [-0.39, 0.29) is 18.9 Å². The van der Waals surface area contributed by atoms with Crippen molar-refractivity contribution in [3.8, 4) is 11.5 Å². The molecular weight excluding hydrogens is 360 g/mol. The van der Waals surface area contributed by atoms with Crippen LogP contribution < -0.4 is 20.1 Å². The van der Waals surface area contributed by atoms with Gasteiger partial charge < -0.3 is 20.1 Å². The summed E-state index contributed by atoms with van der Waals surface area (Å²) in [7, 11) is 0. The van der Waals surface area contributed by atoms with Gasteiger partial charge in [-0.25, -0.2) is 4.79 Å². The molecule has 2 aliphatic rings. The summed E-state index contributed by atoms with van der Waals surface area (Å²) in [6.07, 6.45) is 1.99. The Bertz CT molecular complexity index is 802. The fourth-order valence-electron chi connectivity index (χ4n) is 2.63. The summed E-state index contributed by atoms with van der Waals surface area (Å²) in [5.74, 6) is 1.43. The molecule has 1 atom stereocenters. The molecule has 1 unspecified atom stereocenters. The standard InChI is InChI=1S/C17H13BrN2O3/c18-12-4-1-10(2-5-12)13-8-14(20-17(21)19-13)11-3-6-15-16(7-11)23-9-22-15/h1-8,14H,9H2,(H2,19,20,21). The van der Waals surface area contributed by atoms with Crippen molar-refractivity contribution < 1.29 is 14.3 Å². The Morgan fingerprint density at radius 2 is 1.83 bits per heavy atom. The van der Waals surface area contributed by atoms with Crippen molar-refractivity contribution in [2.45, 2.75) is 6.04 Å². The van der Waals surface area contributed by atoms with Crippen molar-refractivity contribution in [3.63, 3.8) is 0 Å². The highest BCUT2D eigenvalue weighted by Crippen LogP contribution is 2.35. The van der Waals surface area contributed by atoms with E-state index in [2.05, 4.69) is 26.6 Å². The highest BCUT2D eigenvalue weighted by atomic mass is 79.9. The van der Waals surface area contributed by atoms with Gasteiger partial charge in [0.1, 0.15) is 0 Å². The number of carbonyl (C=O) groups excluding carboxylic acids is 1. The van der Waals surface area contributed by atoms with Crippen molar-refractivity contribution in [1.82, 2.24) is 10.6 Å². The average Bonchev–Trinajstić information content (AvgIpc) is 3.02. The average molecular weight is 373 g/mol. The van der Waals surface area contributed by atoms with E-state index in [1.54, 1.807) is 0 Å². The van der Waals surface area contributed by atoms with E-state index < -0.39 is 0 Å². The first-order valence-electron chi connectivity index (χ1n) is 7.14. The van der Waals surface area contributed by atoms with E-state index >= 15 is 0 Å². The zero-order valence-electron chi connectivity index (χ0n) is 12.0. The molecule has 2 N–H and O–H groups in total. The summed E-state index contributed by atoms with van der Waals surface area (Å²) in [5.41, 5.74) is 2.68. The van der Waals surface area contributed by atoms with Crippen LogP contribution in [0.3, 0.4) is 0 Å². The van der Waals surface area contributed by atoms with E-state index in [0.29, 0.717) is 5.75 Å². The molecule has 0 aliphatic carbocycles. The zero-order valence-corrected chi connectivity index (χ0v) is 13.6. The smallest absolute Gasteiger partial charge is 0.319 e. The van der Waals surface area contributed by atoms with Crippen LogP contribution in [-0.4, -0.2) is 12.8 Å². The summed E-state index contributed by atoms with van der Waals surface area (Å²) in [4.78, 5) is 12.0. The first-order valence-corrected chi connectivity index (χ1v) is 7.93. The van der Waals surface area contributed by atoms with Crippen molar-refractivity contribution in [2.24, 2.45) is 0 Å². The Morgan fingerprint density at radius 1 is 1.04 bits per heavy atom. The molecule has 6 heteroatoms. The number of rotatable bonds is 2. The molecule has 0 aromatic heterocycles. The normalized spacial score (nSPS) is 18.9. The fourth-order valence-corrected chi connectivity index (χ4v) is 2.90. The number of nitrogens with one attached hydrogen (secondary N) is 2. The maximum absolute atomic E-state index is 12.0. The number of carbonyl (C=O) groups is 1. The SMILES string of the molecule is O=C1NC(c2ccc(Br)cc2)=CC(c2ccc3c(c2)OCO3)N1. The summed E-state index contributed by atoms with van der Waals surface area (Å²) >= 11 is 3.41. The van der Waals surface area contributed by atoms with Crippen LogP contribution in [0.5, 0.6) is 11.5 Å². The van der Waals surface area contributed by atoms with Crippen LogP contribution >= 0.6 is 15.9 Å². The molecule has 0 spiro atoms. The lowest BCUT2D eigenvalue weighted by molar-refractivity contribution is 0.174. The number of urea groups is 1. The number of hydrogen-bond donors (Lipinski definition) is 2. The third-order valence-corrected chi connectivity index (χ3v) is 4.31. The maximum Gasteiger partial charge on any atom is 0.319 e. The predicted molar refractivity (Wildman–Crippen MR) is 89.1 cm³/mol. The van der Waals surface area contributed by atoms with E-state index in [1.807, 2.05) is 48.5 Å². The summed E-state index contributed by atoms with van der Waals surface area (Å²) in [6, 6.07) is 13.0. The van der Waals surface area contributed by atoms with Crippen LogP contribution in [0.15, 0.2) is 53.0 Å². The summed E-state index contributed by atoms with van der Waals surface area (Å²) < 4.78 is 11.7. The molecule has 2 aromatic rings. The Kier molecular flexibility index (Phi) is 3.46. The third kappa shape index (κ3) is 2.77. The van der Waals surface area contributed by atoms with Gasteiger partial charge in [0.15, 0.2) is 11.5 Å². The fraction of sp³-hybridized carbons (Fsp3) is 0.118. The van der Waals surface area contributed by atoms with Gasteiger partial charge in [0.05, 0.1) is 6.04 Å². The molecule has 0 bridgehead atoms. The van der Waals surface area contributed by atoms with Gasteiger partial charge in [0.2, 0.25) is 6.79 Å². The number of hydrogen-bond acceptors (Lipinski definition) is 3. The second-order valence-electron chi connectivity index (χ2n) is 5.28. The van der Waals surface area contributed by atoms with E-state index in [0.717, 1.165) is 27.0 Å². The van der Waals surface area contributed by atoms with Crippen LogP contribution in [0.2, 0.25) is 0 Å². The number of fused-ring (bicyclic) bond motifs is 1. The summed E-state index contributed by atoms with van der Waals surface area (Å²) in [6.45, 7) is 0.233. The molecular formula is C17H13BrN2O3. The molecule has 2 aromatic carbocycles. The van der Waals surface area contributed by atoms with Crippen LogP contribution in [0.25, 0.3) is 5.70 Å². The maximum atomic E-state index is 12.0. The van der Waals surface area contributed by atoms with Crippen LogP contribution in [0, 0.1) is 0 Å². The molecule has 2 amide bonds. The lowest BCUT2D eigenvalue weighted by atomic mass is 10.0. The highest BCUT2D eigenvalue weighted by molar-refractivity contribution is 9.10. The number of halogens is 1. The monoisotopic (exact) mass is 372 g/mol. The molecule has 116 valence electrons. The van der Waals surface area contributed by atoms with Gasteiger partial charge >= 0.3 is 6.03 Å². The Balaban J connectivity index is 1.69. The quantitative estimate of drug-likeness (QED) is 0.846. The number of ether oxygens (including phenoxy) is 2. The molecule has 2 heterocycles. The van der Waals surface area contributed by atoms with Gasteiger partial charge in [-0.3, -0.25) is 0 Å².